The number of carbonyl (C=O) groups is 1. The van der Waals surface area contributed by atoms with Crippen LogP contribution in [-0.4, -0.2) is 54.1 Å². The lowest BCUT2D eigenvalue weighted by Crippen LogP contribution is -2.54. The zero-order valence-corrected chi connectivity index (χ0v) is 18.8. The minimum atomic E-state index is -1.14. The predicted octanol–water partition coefficient (Wildman–Crippen LogP) is 2.92. The number of primary amides is 1. The third kappa shape index (κ3) is 5.74. The van der Waals surface area contributed by atoms with E-state index in [1.165, 1.54) is 12.1 Å². The van der Waals surface area contributed by atoms with Gasteiger partial charge in [-0.05, 0) is 60.0 Å². The SMILES string of the molecule is CN(C[C@H]1CN(CCc2ccc(F)cc2Cl)CC[C@]1(O)c1cccc(C(N)=O)c1)NCl. The molecule has 0 bridgehead atoms. The Labute approximate surface area is 191 Å². The van der Waals surface area contributed by atoms with Crippen LogP contribution in [0.15, 0.2) is 42.5 Å². The standard InChI is InChI=1S/C22H27Cl2FN4O2/c1-28(27-24)13-18-14-29(9-7-15-5-6-19(25)12-20(15)23)10-8-22(18,31)17-4-2-3-16(11-17)21(26)30/h2-6,11-12,18,27,31H,7-10,13-14H2,1H3,(H2,26,30)/t18-,22-/m0/s1. The second-order valence-electron chi connectivity index (χ2n) is 8.07. The van der Waals surface area contributed by atoms with E-state index >= 15 is 0 Å². The smallest absolute Gasteiger partial charge is 0.248 e. The van der Waals surface area contributed by atoms with E-state index in [9.17, 15) is 14.3 Å². The molecule has 2 aromatic carbocycles. The van der Waals surface area contributed by atoms with Crippen molar-refractivity contribution in [3.05, 3.63) is 70.0 Å². The molecule has 1 amide bonds. The molecule has 6 nitrogen and oxygen atoms in total. The molecule has 0 aromatic heterocycles. The molecule has 0 aliphatic carbocycles. The molecule has 2 atom stereocenters. The van der Waals surface area contributed by atoms with Gasteiger partial charge in [-0.3, -0.25) is 4.79 Å². The maximum atomic E-state index is 13.3. The average molecular weight is 469 g/mol. The first-order chi connectivity index (χ1) is 14.7. The predicted molar refractivity (Wildman–Crippen MR) is 120 cm³/mol. The number of nitrogens with two attached hydrogens (primary N) is 1. The molecule has 2 aromatic rings. The monoisotopic (exact) mass is 468 g/mol. The number of hydrazine groups is 1. The van der Waals surface area contributed by atoms with E-state index in [-0.39, 0.29) is 11.7 Å². The highest BCUT2D eigenvalue weighted by molar-refractivity contribution is 6.31. The van der Waals surface area contributed by atoms with Gasteiger partial charge in [0.05, 0.1) is 5.60 Å². The van der Waals surface area contributed by atoms with Gasteiger partial charge in [0.1, 0.15) is 5.82 Å². The molecule has 0 radical (unpaired) electrons. The van der Waals surface area contributed by atoms with Crippen LogP contribution in [0.25, 0.3) is 0 Å². The Hall–Kier alpha value is -1.74. The molecule has 0 spiro atoms. The quantitative estimate of drug-likeness (QED) is 0.409. The summed E-state index contributed by atoms with van der Waals surface area (Å²) in [6.45, 7) is 2.47. The number of aliphatic hydroxyl groups is 1. The highest BCUT2D eigenvalue weighted by atomic mass is 35.5. The molecular formula is C22H27Cl2FN4O2. The minimum Gasteiger partial charge on any atom is -0.385 e. The molecule has 1 fully saturated rings. The molecule has 168 valence electrons. The fraction of sp³-hybridized carbons (Fsp3) is 0.409. The van der Waals surface area contributed by atoms with E-state index in [2.05, 4.69) is 9.84 Å². The molecular weight excluding hydrogens is 442 g/mol. The normalized spacial score (nSPS) is 22.1. The van der Waals surface area contributed by atoms with E-state index in [0.29, 0.717) is 48.6 Å². The van der Waals surface area contributed by atoms with E-state index in [0.717, 1.165) is 12.1 Å². The molecule has 0 unspecified atom stereocenters. The summed E-state index contributed by atoms with van der Waals surface area (Å²) in [5, 5.41) is 13.8. The third-order valence-corrected chi connectivity index (χ3v) is 6.60. The molecule has 9 heteroatoms. The van der Waals surface area contributed by atoms with Gasteiger partial charge in [0.15, 0.2) is 0 Å². The summed E-state index contributed by atoms with van der Waals surface area (Å²) < 4.78 is 13.3. The summed E-state index contributed by atoms with van der Waals surface area (Å²) in [4.78, 5) is 16.4. The van der Waals surface area contributed by atoms with E-state index in [1.807, 2.05) is 6.07 Å². The van der Waals surface area contributed by atoms with Crippen molar-refractivity contribution in [3.63, 3.8) is 0 Å². The zero-order valence-electron chi connectivity index (χ0n) is 17.3. The van der Waals surface area contributed by atoms with E-state index in [1.54, 1.807) is 36.3 Å². The van der Waals surface area contributed by atoms with Crippen molar-refractivity contribution in [2.24, 2.45) is 11.7 Å². The Morgan fingerprint density at radius 3 is 2.84 bits per heavy atom. The molecule has 1 heterocycles. The largest absolute Gasteiger partial charge is 0.385 e. The summed E-state index contributed by atoms with van der Waals surface area (Å²) in [6, 6.07) is 11.3. The lowest BCUT2D eigenvalue weighted by Gasteiger charge is -2.46. The molecule has 1 aliphatic rings. The van der Waals surface area contributed by atoms with Crippen LogP contribution >= 0.6 is 23.4 Å². The van der Waals surface area contributed by atoms with Gasteiger partial charge in [-0.25, -0.2) is 9.40 Å². The summed E-state index contributed by atoms with van der Waals surface area (Å²) in [5.74, 6) is -1.08. The molecule has 1 saturated heterocycles. The highest BCUT2D eigenvalue weighted by Gasteiger charge is 2.43. The van der Waals surface area contributed by atoms with Crippen molar-refractivity contribution < 1.29 is 14.3 Å². The Morgan fingerprint density at radius 1 is 1.39 bits per heavy atom. The van der Waals surface area contributed by atoms with Crippen molar-refractivity contribution in [3.8, 4) is 0 Å². The number of hydrogen-bond acceptors (Lipinski definition) is 5. The minimum absolute atomic E-state index is 0.190. The van der Waals surface area contributed by atoms with Crippen LogP contribution in [0.5, 0.6) is 0 Å². The van der Waals surface area contributed by atoms with Gasteiger partial charge >= 0.3 is 0 Å². The summed E-state index contributed by atoms with van der Waals surface area (Å²) >= 11 is 11.9. The van der Waals surface area contributed by atoms with Crippen LogP contribution in [-0.2, 0) is 12.0 Å². The number of nitrogens with one attached hydrogen (secondary N) is 1. The van der Waals surface area contributed by atoms with Gasteiger partial charge in [-0.15, -0.1) is 0 Å². The fourth-order valence-corrected chi connectivity index (χ4v) is 4.52. The number of rotatable bonds is 8. The van der Waals surface area contributed by atoms with Gasteiger partial charge < -0.3 is 15.7 Å². The number of carbonyl (C=O) groups excluding carboxylic acids is 1. The number of benzene rings is 2. The second kappa shape index (κ2) is 10.3. The van der Waals surface area contributed by atoms with Crippen LogP contribution in [0.1, 0.15) is 27.9 Å². The Morgan fingerprint density at radius 2 is 2.16 bits per heavy atom. The summed E-state index contributed by atoms with van der Waals surface area (Å²) in [5.41, 5.74) is 6.20. The second-order valence-corrected chi connectivity index (χ2v) is 8.64. The van der Waals surface area contributed by atoms with Crippen LogP contribution < -0.4 is 10.7 Å². The fourth-order valence-electron chi connectivity index (χ4n) is 4.19. The van der Waals surface area contributed by atoms with Gasteiger partial charge in [0.25, 0.3) is 0 Å². The summed E-state index contributed by atoms with van der Waals surface area (Å²) in [6.07, 6.45) is 1.15. The first kappa shape index (κ1) is 23.9. The molecule has 3 rings (SSSR count). The first-order valence-corrected chi connectivity index (χ1v) is 10.8. The summed E-state index contributed by atoms with van der Waals surface area (Å²) in [7, 11) is 1.80. The van der Waals surface area contributed by atoms with Crippen LogP contribution in [0.3, 0.4) is 0 Å². The lowest BCUT2D eigenvalue weighted by molar-refractivity contribution is -0.0873. The number of amides is 1. The number of piperidine rings is 1. The van der Waals surface area contributed by atoms with Gasteiger partial charge in [-0.2, -0.15) is 4.94 Å². The Bertz CT molecular complexity index is 932. The Kier molecular flexibility index (Phi) is 7.91. The topological polar surface area (TPSA) is 81.8 Å². The number of hydrogen-bond donors (Lipinski definition) is 3. The van der Waals surface area contributed by atoms with Gasteiger partial charge in [0, 0.05) is 49.7 Å². The maximum Gasteiger partial charge on any atom is 0.248 e. The maximum absolute atomic E-state index is 13.3. The molecule has 1 aliphatic heterocycles. The first-order valence-electron chi connectivity index (χ1n) is 10.1. The average Bonchev–Trinajstić information content (AvgIpc) is 2.75. The van der Waals surface area contributed by atoms with E-state index in [4.69, 9.17) is 29.1 Å². The van der Waals surface area contributed by atoms with Gasteiger partial charge in [-0.1, -0.05) is 29.8 Å². The Balaban J connectivity index is 1.78. The number of halogens is 3. The molecule has 4 N–H and O–H groups in total. The van der Waals surface area contributed by atoms with Crippen molar-refractivity contribution in [2.45, 2.75) is 18.4 Å². The van der Waals surface area contributed by atoms with Gasteiger partial charge in [0.2, 0.25) is 5.91 Å². The van der Waals surface area contributed by atoms with Crippen LogP contribution in [0.4, 0.5) is 4.39 Å². The van der Waals surface area contributed by atoms with Crippen molar-refractivity contribution >= 4 is 29.3 Å². The van der Waals surface area contributed by atoms with E-state index < -0.39 is 11.5 Å². The van der Waals surface area contributed by atoms with Crippen LogP contribution in [0.2, 0.25) is 5.02 Å². The van der Waals surface area contributed by atoms with Crippen LogP contribution in [0, 0.1) is 11.7 Å². The number of likely N-dealkylation sites (tertiary alicyclic amines) is 1. The van der Waals surface area contributed by atoms with Crippen molar-refractivity contribution in [1.82, 2.24) is 14.9 Å². The van der Waals surface area contributed by atoms with Crippen molar-refractivity contribution in [1.29, 1.82) is 0 Å². The number of nitrogens with zero attached hydrogens (tertiary/aromatic N) is 2. The highest BCUT2D eigenvalue weighted by Crippen LogP contribution is 2.38. The lowest BCUT2D eigenvalue weighted by atomic mass is 9.75. The molecule has 31 heavy (non-hydrogen) atoms. The third-order valence-electron chi connectivity index (χ3n) is 5.96. The van der Waals surface area contributed by atoms with Crippen molar-refractivity contribution in [2.75, 3.05) is 33.2 Å². The molecule has 0 saturated carbocycles. The zero-order chi connectivity index (χ0) is 22.6.